The zero-order valence-corrected chi connectivity index (χ0v) is 15.2. The Labute approximate surface area is 138 Å². The van der Waals surface area contributed by atoms with Crippen LogP contribution in [0.3, 0.4) is 0 Å². The van der Waals surface area contributed by atoms with Crippen molar-refractivity contribution in [1.29, 1.82) is 0 Å². The van der Waals surface area contributed by atoms with E-state index in [1.807, 2.05) is 55.4 Å². The summed E-state index contributed by atoms with van der Waals surface area (Å²) in [6.45, 7) is 0. The highest BCUT2D eigenvalue weighted by Gasteiger charge is 2.10. The van der Waals surface area contributed by atoms with Gasteiger partial charge in [-0.05, 0) is 52.3 Å². The molecule has 2 aromatic rings. The van der Waals surface area contributed by atoms with E-state index in [9.17, 15) is 0 Å². The largest absolute Gasteiger partial charge is 0.454 e. The smallest absolute Gasteiger partial charge is 0.150 e. The van der Waals surface area contributed by atoms with Crippen LogP contribution in [0.25, 0.3) is 0 Å². The number of rotatable bonds is 3. The van der Waals surface area contributed by atoms with E-state index < -0.39 is 0 Å². The minimum atomic E-state index is 0.786. The summed E-state index contributed by atoms with van der Waals surface area (Å²) in [5.74, 6) is 1.60. The lowest BCUT2D eigenvalue weighted by atomic mass is 10.2. The molecule has 0 amide bonds. The molecular weight excluding hydrogens is 438 g/mol. The van der Waals surface area contributed by atoms with Crippen molar-refractivity contribution in [3.63, 3.8) is 0 Å². The third-order valence-corrected chi connectivity index (χ3v) is 4.12. The molecule has 0 saturated carbocycles. The van der Waals surface area contributed by atoms with E-state index in [1.165, 1.54) is 0 Å². The molecule has 0 fully saturated rings. The third kappa shape index (κ3) is 3.74. The quantitative estimate of drug-likeness (QED) is 0.584. The van der Waals surface area contributed by atoms with Crippen molar-refractivity contribution in [1.82, 2.24) is 0 Å². The minimum absolute atomic E-state index is 0.786. The van der Waals surface area contributed by atoms with E-state index in [0.717, 1.165) is 30.6 Å². The molecule has 0 spiro atoms. The van der Waals surface area contributed by atoms with Crippen LogP contribution in [0.5, 0.6) is 11.5 Å². The number of hydrogen-bond donors (Lipinski definition) is 0. The molecular formula is C14H12Br3NO. The molecule has 0 aliphatic heterocycles. The summed E-state index contributed by atoms with van der Waals surface area (Å²) in [5, 5.41) is 0. The Morgan fingerprint density at radius 2 is 1.42 bits per heavy atom. The molecule has 0 heterocycles. The van der Waals surface area contributed by atoms with Crippen molar-refractivity contribution in [2.75, 3.05) is 19.0 Å². The first-order valence-corrected chi connectivity index (χ1v) is 7.95. The van der Waals surface area contributed by atoms with Gasteiger partial charge in [0.25, 0.3) is 0 Å². The van der Waals surface area contributed by atoms with Gasteiger partial charge in [0.2, 0.25) is 0 Å². The van der Waals surface area contributed by atoms with Gasteiger partial charge in [0.05, 0.1) is 10.2 Å². The van der Waals surface area contributed by atoms with Crippen molar-refractivity contribution in [3.8, 4) is 11.5 Å². The number of benzene rings is 2. The molecule has 5 heteroatoms. The van der Waals surface area contributed by atoms with Crippen molar-refractivity contribution in [2.45, 2.75) is 0 Å². The summed E-state index contributed by atoms with van der Waals surface area (Å²) in [4.78, 5) is 2.02. The van der Waals surface area contributed by atoms with Crippen LogP contribution in [-0.2, 0) is 0 Å². The summed E-state index contributed by atoms with van der Waals surface area (Å²) < 4.78 is 8.93. The Hall–Kier alpha value is -0.520. The number of nitrogens with zero attached hydrogens (tertiary/aromatic N) is 1. The highest BCUT2D eigenvalue weighted by Crippen LogP contribution is 2.37. The van der Waals surface area contributed by atoms with Gasteiger partial charge < -0.3 is 9.64 Å². The van der Waals surface area contributed by atoms with Crippen LogP contribution >= 0.6 is 47.8 Å². The van der Waals surface area contributed by atoms with Crippen molar-refractivity contribution in [2.24, 2.45) is 0 Å². The van der Waals surface area contributed by atoms with E-state index in [4.69, 9.17) is 4.74 Å². The Bertz CT molecular complexity index is 599. The van der Waals surface area contributed by atoms with Gasteiger partial charge in [-0.1, -0.05) is 31.9 Å². The molecule has 0 saturated heterocycles. The second-order valence-corrected chi connectivity index (χ2v) is 6.87. The maximum Gasteiger partial charge on any atom is 0.150 e. The molecule has 2 rings (SSSR count). The van der Waals surface area contributed by atoms with Crippen LogP contribution in [-0.4, -0.2) is 14.1 Å². The van der Waals surface area contributed by atoms with Crippen molar-refractivity contribution in [3.05, 3.63) is 49.8 Å². The van der Waals surface area contributed by atoms with Gasteiger partial charge in [-0.2, -0.15) is 0 Å². The molecule has 0 N–H and O–H groups in total. The fraction of sp³-hybridized carbons (Fsp3) is 0.143. The number of anilines is 1. The highest BCUT2D eigenvalue weighted by molar-refractivity contribution is 9.11. The summed E-state index contributed by atoms with van der Waals surface area (Å²) >= 11 is 10.4. The monoisotopic (exact) mass is 447 g/mol. The summed E-state index contributed by atoms with van der Waals surface area (Å²) in [7, 11) is 3.98. The van der Waals surface area contributed by atoms with Crippen LogP contribution < -0.4 is 9.64 Å². The normalized spacial score (nSPS) is 10.4. The van der Waals surface area contributed by atoms with E-state index in [1.54, 1.807) is 0 Å². The van der Waals surface area contributed by atoms with Crippen LogP contribution in [0.2, 0.25) is 0 Å². The summed E-state index contributed by atoms with van der Waals surface area (Å²) in [6.07, 6.45) is 0. The molecule has 0 atom stereocenters. The summed E-state index contributed by atoms with van der Waals surface area (Å²) in [6, 6.07) is 11.8. The van der Waals surface area contributed by atoms with Gasteiger partial charge in [0.1, 0.15) is 5.75 Å². The molecule has 2 nitrogen and oxygen atoms in total. The molecule has 0 bridgehead atoms. The van der Waals surface area contributed by atoms with Gasteiger partial charge in [-0.3, -0.25) is 0 Å². The zero-order valence-electron chi connectivity index (χ0n) is 10.5. The minimum Gasteiger partial charge on any atom is -0.454 e. The molecule has 100 valence electrons. The van der Waals surface area contributed by atoms with Gasteiger partial charge in [-0.15, -0.1) is 0 Å². The first kappa shape index (κ1) is 14.9. The molecule has 0 radical (unpaired) electrons. The van der Waals surface area contributed by atoms with Gasteiger partial charge >= 0.3 is 0 Å². The lowest BCUT2D eigenvalue weighted by Crippen LogP contribution is -2.09. The second-order valence-electron chi connectivity index (χ2n) is 4.18. The topological polar surface area (TPSA) is 12.5 Å². The van der Waals surface area contributed by atoms with Crippen molar-refractivity contribution >= 4 is 53.5 Å². The third-order valence-electron chi connectivity index (χ3n) is 2.52. The molecule has 0 aliphatic rings. The summed E-state index contributed by atoms with van der Waals surface area (Å²) in [5.41, 5.74) is 1.02. The molecule has 0 aromatic heterocycles. The first-order valence-electron chi connectivity index (χ1n) is 5.57. The molecule has 2 aromatic carbocycles. The van der Waals surface area contributed by atoms with Crippen LogP contribution in [0, 0.1) is 0 Å². The van der Waals surface area contributed by atoms with Crippen LogP contribution in [0.1, 0.15) is 0 Å². The zero-order chi connectivity index (χ0) is 14.0. The Balaban J connectivity index is 2.38. The van der Waals surface area contributed by atoms with Gasteiger partial charge in [0, 0.05) is 23.0 Å². The fourth-order valence-corrected chi connectivity index (χ4v) is 3.08. The average Bonchev–Trinajstić information content (AvgIpc) is 2.34. The van der Waals surface area contributed by atoms with E-state index in [0.29, 0.717) is 0 Å². The number of hydrogen-bond acceptors (Lipinski definition) is 2. The lowest BCUT2D eigenvalue weighted by molar-refractivity contribution is 0.480. The molecule has 0 unspecified atom stereocenters. The van der Waals surface area contributed by atoms with Crippen molar-refractivity contribution < 1.29 is 4.74 Å². The Morgan fingerprint density at radius 3 is 2.00 bits per heavy atom. The van der Waals surface area contributed by atoms with Crippen LogP contribution in [0.4, 0.5) is 5.69 Å². The SMILES string of the molecule is CN(C)c1cc(Br)ccc1Oc1ccc(Br)cc1Br. The Morgan fingerprint density at radius 1 is 0.842 bits per heavy atom. The average molecular weight is 450 g/mol. The number of halogens is 3. The maximum atomic E-state index is 5.98. The van der Waals surface area contributed by atoms with Gasteiger partial charge in [-0.25, -0.2) is 0 Å². The Kier molecular flexibility index (Phi) is 4.92. The first-order chi connectivity index (χ1) is 8.97. The molecule has 0 aliphatic carbocycles. The van der Waals surface area contributed by atoms with E-state index >= 15 is 0 Å². The van der Waals surface area contributed by atoms with E-state index in [-0.39, 0.29) is 0 Å². The standard InChI is InChI=1S/C14H12Br3NO/c1-18(2)12-8-10(16)4-6-14(12)19-13-5-3-9(15)7-11(13)17/h3-8H,1-2H3. The highest BCUT2D eigenvalue weighted by atomic mass is 79.9. The van der Waals surface area contributed by atoms with Crippen LogP contribution in [0.15, 0.2) is 49.8 Å². The predicted molar refractivity (Wildman–Crippen MR) is 90.4 cm³/mol. The lowest BCUT2D eigenvalue weighted by Gasteiger charge is -2.18. The van der Waals surface area contributed by atoms with E-state index in [2.05, 4.69) is 47.8 Å². The number of ether oxygens (including phenoxy) is 1. The predicted octanol–water partition coefficient (Wildman–Crippen LogP) is 5.83. The maximum absolute atomic E-state index is 5.98. The molecule has 19 heavy (non-hydrogen) atoms. The van der Waals surface area contributed by atoms with Gasteiger partial charge in [0.15, 0.2) is 5.75 Å². The fourth-order valence-electron chi connectivity index (χ4n) is 1.60. The second kappa shape index (κ2) is 6.29.